The van der Waals surface area contributed by atoms with E-state index in [1.807, 2.05) is 55.6 Å². The van der Waals surface area contributed by atoms with E-state index in [1.54, 1.807) is 42.8 Å². The molecule has 5 rings (SSSR count). The zero-order valence-electron chi connectivity index (χ0n) is 22.5. The Balaban J connectivity index is 1.29. The number of nitrogens with one attached hydrogen (secondary N) is 2. The van der Waals surface area contributed by atoms with Gasteiger partial charge in [0.15, 0.2) is 0 Å². The van der Waals surface area contributed by atoms with Crippen LogP contribution in [-0.4, -0.2) is 41.2 Å². The Morgan fingerprint density at radius 2 is 1.51 bits per heavy atom. The lowest BCUT2D eigenvalue weighted by Crippen LogP contribution is -2.44. The van der Waals surface area contributed by atoms with Gasteiger partial charge in [0.05, 0.1) is 9.77 Å². The molecule has 0 aliphatic rings. The van der Waals surface area contributed by atoms with Gasteiger partial charge < -0.3 is 10.4 Å². The smallest absolute Gasteiger partial charge is 0.322 e. The van der Waals surface area contributed by atoms with E-state index in [4.69, 9.17) is 0 Å². The Bertz CT molecular complexity index is 1830. The van der Waals surface area contributed by atoms with Crippen LogP contribution in [0, 0.1) is 5.92 Å². The molecule has 0 aliphatic carbocycles. The van der Waals surface area contributed by atoms with Crippen LogP contribution in [0.15, 0.2) is 89.8 Å². The number of anilines is 1. The maximum Gasteiger partial charge on any atom is 0.322 e. The highest BCUT2D eigenvalue weighted by Crippen LogP contribution is 2.34. The number of aromatic nitrogens is 2. The number of benzene rings is 3. The number of hydrogen-bond acceptors (Lipinski definition) is 6. The molecule has 0 saturated carbocycles. The fraction of sp³-hybridized carbons (Fsp3) is 0.167. The molecule has 1 amide bonds. The summed E-state index contributed by atoms with van der Waals surface area (Å²) in [6.45, 7) is 3.27. The van der Waals surface area contributed by atoms with E-state index in [1.165, 1.54) is 23.5 Å². The highest BCUT2D eigenvalue weighted by Gasteiger charge is 2.28. The Labute approximate surface area is 241 Å². The third-order valence-corrected chi connectivity index (χ3v) is 9.30. The Hall–Kier alpha value is -4.32. The number of carbonyl (C=O) groups is 2. The first kappa shape index (κ1) is 28.2. The molecule has 1 unspecified atom stereocenters. The van der Waals surface area contributed by atoms with Crippen LogP contribution in [0.25, 0.3) is 32.6 Å². The molecule has 210 valence electrons. The van der Waals surface area contributed by atoms with Crippen LogP contribution in [0.3, 0.4) is 0 Å². The van der Waals surface area contributed by atoms with Crippen molar-refractivity contribution in [3.63, 3.8) is 0 Å². The van der Waals surface area contributed by atoms with Crippen molar-refractivity contribution in [2.45, 2.75) is 24.8 Å². The second kappa shape index (κ2) is 11.3. The van der Waals surface area contributed by atoms with Gasteiger partial charge in [0.1, 0.15) is 16.6 Å². The third-order valence-electron chi connectivity index (χ3n) is 6.64. The molecule has 3 N–H and O–H groups in total. The highest BCUT2D eigenvalue weighted by molar-refractivity contribution is 7.89. The lowest BCUT2D eigenvalue weighted by Gasteiger charge is -2.18. The molecule has 5 aromatic rings. The monoisotopic (exact) mass is 588 g/mol. The van der Waals surface area contributed by atoms with Crippen molar-refractivity contribution in [1.29, 1.82) is 0 Å². The standard InChI is InChI=1S/C30H28N4O5S2/c1-18(2)26(30(36)37)33-41(38,39)23-15-11-20(12-16-23)19-9-13-22(14-10-19)31-28(35)25-17-24-27(21-7-5-4-6-8-21)32-34(3)29(24)40-25/h4-18,26,33H,1-3H3,(H,31,35)(H,36,37). The molecule has 3 aromatic carbocycles. The molecule has 0 spiro atoms. The van der Waals surface area contributed by atoms with Gasteiger partial charge in [0.2, 0.25) is 10.0 Å². The minimum absolute atomic E-state index is 0.0222. The van der Waals surface area contributed by atoms with E-state index in [2.05, 4.69) is 15.1 Å². The van der Waals surface area contributed by atoms with Crippen LogP contribution < -0.4 is 10.0 Å². The van der Waals surface area contributed by atoms with Gasteiger partial charge in [-0.15, -0.1) is 11.3 Å². The molecule has 2 aromatic heterocycles. The summed E-state index contributed by atoms with van der Waals surface area (Å²) < 4.78 is 29.4. The summed E-state index contributed by atoms with van der Waals surface area (Å²) >= 11 is 1.38. The molecular formula is C30H28N4O5S2. The number of carboxylic acid groups (broad SMARTS) is 1. The SMILES string of the molecule is CC(C)C(NS(=O)(=O)c1ccc(-c2ccc(NC(=O)c3cc4c(-c5ccccc5)nn(C)c4s3)cc2)cc1)C(=O)O. The van der Waals surface area contributed by atoms with Gasteiger partial charge in [-0.2, -0.15) is 9.82 Å². The number of rotatable bonds is 9. The van der Waals surface area contributed by atoms with Gasteiger partial charge >= 0.3 is 5.97 Å². The summed E-state index contributed by atoms with van der Waals surface area (Å²) in [7, 11) is -2.14. The average Bonchev–Trinajstić information content (AvgIpc) is 3.53. The quantitative estimate of drug-likeness (QED) is 0.205. The fourth-order valence-corrected chi connectivity index (χ4v) is 6.74. The Kier molecular flexibility index (Phi) is 7.76. The second-order valence-corrected chi connectivity index (χ2v) is 12.6. The van der Waals surface area contributed by atoms with E-state index in [-0.39, 0.29) is 10.8 Å². The molecule has 41 heavy (non-hydrogen) atoms. The summed E-state index contributed by atoms with van der Waals surface area (Å²) in [6.07, 6.45) is 0. The van der Waals surface area contributed by atoms with E-state index >= 15 is 0 Å². The van der Waals surface area contributed by atoms with Crippen LogP contribution >= 0.6 is 11.3 Å². The van der Waals surface area contributed by atoms with Gasteiger partial charge in [0, 0.05) is 23.7 Å². The van der Waals surface area contributed by atoms with Gasteiger partial charge in [-0.25, -0.2) is 8.42 Å². The lowest BCUT2D eigenvalue weighted by atomic mass is 10.1. The normalized spacial score (nSPS) is 12.5. The molecule has 0 bridgehead atoms. The molecule has 0 radical (unpaired) electrons. The van der Waals surface area contributed by atoms with Crippen molar-refractivity contribution >= 4 is 49.1 Å². The van der Waals surface area contributed by atoms with Crippen molar-refractivity contribution in [3.05, 3.63) is 89.8 Å². The number of thiophene rings is 1. The maximum absolute atomic E-state index is 13.1. The third kappa shape index (κ3) is 5.92. The highest BCUT2D eigenvalue weighted by atomic mass is 32.2. The molecule has 2 heterocycles. The first-order valence-electron chi connectivity index (χ1n) is 12.8. The first-order valence-corrected chi connectivity index (χ1v) is 15.1. The predicted octanol–water partition coefficient (Wildman–Crippen LogP) is 5.61. The summed E-state index contributed by atoms with van der Waals surface area (Å²) in [6, 6.07) is 23.9. The van der Waals surface area contributed by atoms with E-state index in [0.29, 0.717) is 10.6 Å². The van der Waals surface area contributed by atoms with Gasteiger partial charge in [0.25, 0.3) is 5.91 Å². The second-order valence-electron chi connectivity index (χ2n) is 9.90. The maximum atomic E-state index is 13.1. The zero-order chi connectivity index (χ0) is 29.3. The summed E-state index contributed by atoms with van der Waals surface area (Å²) in [5, 5.41) is 17.8. The zero-order valence-corrected chi connectivity index (χ0v) is 24.2. The summed E-state index contributed by atoms with van der Waals surface area (Å²) in [5.41, 5.74) is 4.03. The Morgan fingerprint density at radius 1 is 0.902 bits per heavy atom. The molecule has 0 aliphatic heterocycles. The molecule has 0 saturated heterocycles. The van der Waals surface area contributed by atoms with Crippen LogP contribution in [0.2, 0.25) is 0 Å². The first-order chi connectivity index (χ1) is 19.5. The predicted molar refractivity (Wildman–Crippen MR) is 160 cm³/mol. The molecule has 9 nitrogen and oxygen atoms in total. The topological polar surface area (TPSA) is 130 Å². The molecular weight excluding hydrogens is 560 g/mol. The van der Waals surface area contributed by atoms with E-state index in [0.717, 1.165) is 32.6 Å². The fourth-order valence-electron chi connectivity index (χ4n) is 4.43. The molecule has 11 heteroatoms. The largest absolute Gasteiger partial charge is 0.480 e. The number of carboxylic acids is 1. The molecule has 0 fully saturated rings. The molecule has 1 atom stereocenters. The number of aryl methyl sites for hydroxylation is 1. The van der Waals surface area contributed by atoms with Crippen LogP contribution in [0.1, 0.15) is 23.5 Å². The lowest BCUT2D eigenvalue weighted by molar-refractivity contribution is -0.140. The summed E-state index contributed by atoms with van der Waals surface area (Å²) in [5.74, 6) is -1.86. The van der Waals surface area contributed by atoms with Crippen LogP contribution in [-0.2, 0) is 21.9 Å². The van der Waals surface area contributed by atoms with Crippen molar-refractivity contribution in [1.82, 2.24) is 14.5 Å². The van der Waals surface area contributed by atoms with Crippen molar-refractivity contribution in [2.75, 3.05) is 5.32 Å². The number of hydrogen-bond donors (Lipinski definition) is 3. The van der Waals surface area contributed by atoms with E-state index < -0.39 is 28.0 Å². The van der Waals surface area contributed by atoms with Crippen molar-refractivity contribution < 1.29 is 23.1 Å². The summed E-state index contributed by atoms with van der Waals surface area (Å²) in [4.78, 5) is 25.9. The van der Waals surface area contributed by atoms with Crippen molar-refractivity contribution in [2.24, 2.45) is 13.0 Å². The van der Waals surface area contributed by atoms with Crippen LogP contribution in [0.5, 0.6) is 0 Å². The number of carbonyl (C=O) groups excluding carboxylic acids is 1. The van der Waals surface area contributed by atoms with Crippen LogP contribution in [0.4, 0.5) is 5.69 Å². The number of aliphatic carboxylic acids is 1. The van der Waals surface area contributed by atoms with Gasteiger partial charge in [-0.3, -0.25) is 14.3 Å². The number of sulfonamides is 1. The Morgan fingerprint density at radius 3 is 2.10 bits per heavy atom. The number of nitrogens with zero attached hydrogens (tertiary/aromatic N) is 2. The minimum Gasteiger partial charge on any atom is -0.480 e. The average molecular weight is 589 g/mol. The van der Waals surface area contributed by atoms with E-state index in [9.17, 15) is 23.1 Å². The van der Waals surface area contributed by atoms with Gasteiger partial charge in [-0.1, -0.05) is 68.4 Å². The van der Waals surface area contributed by atoms with Gasteiger partial charge in [-0.05, 0) is 47.4 Å². The number of fused-ring (bicyclic) bond motifs is 1. The minimum atomic E-state index is -4.00. The number of amides is 1. The van der Waals surface area contributed by atoms with Crippen molar-refractivity contribution in [3.8, 4) is 22.4 Å².